The van der Waals surface area contributed by atoms with Gasteiger partial charge in [0.1, 0.15) is 0 Å². The predicted octanol–water partition coefficient (Wildman–Crippen LogP) is 3.09. The third-order valence-corrected chi connectivity index (χ3v) is 4.72. The van der Waals surface area contributed by atoms with Crippen molar-refractivity contribution >= 4 is 17.7 Å². The molecule has 2 aromatic rings. The molecule has 0 radical (unpaired) electrons. The van der Waals surface area contributed by atoms with Crippen molar-refractivity contribution in [3.05, 3.63) is 65.0 Å². The van der Waals surface area contributed by atoms with Crippen LogP contribution >= 0.6 is 0 Å². The third kappa shape index (κ3) is 3.88. The summed E-state index contributed by atoms with van der Waals surface area (Å²) in [5.74, 6) is -1.25. The minimum absolute atomic E-state index is 0.142. The quantitative estimate of drug-likeness (QED) is 0.745. The second-order valence-electron chi connectivity index (χ2n) is 6.59. The Kier molecular flexibility index (Phi) is 5.73. The molecule has 0 spiro atoms. The van der Waals surface area contributed by atoms with Crippen LogP contribution < -0.4 is 10.1 Å². The number of halogens is 1. The molecule has 3 rings (SSSR count). The first-order chi connectivity index (χ1) is 13.4. The number of nitrogens with one attached hydrogen (secondary N) is 1. The van der Waals surface area contributed by atoms with Gasteiger partial charge in [0.15, 0.2) is 11.6 Å². The van der Waals surface area contributed by atoms with Gasteiger partial charge in [0.25, 0.3) is 11.8 Å². The summed E-state index contributed by atoms with van der Waals surface area (Å²) >= 11 is 0. The van der Waals surface area contributed by atoms with Gasteiger partial charge in [0.2, 0.25) is 5.91 Å². The molecule has 1 unspecified atom stereocenters. The van der Waals surface area contributed by atoms with Gasteiger partial charge in [-0.3, -0.25) is 19.3 Å². The lowest BCUT2D eigenvalue weighted by Gasteiger charge is -2.16. The summed E-state index contributed by atoms with van der Waals surface area (Å²) in [6.07, 6.45) is 0.497. The lowest BCUT2D eigenvalue weighted by Crippen LogP contribution is -2.32. The van der Waals surface area contributed by atoms with Crippen molar-refractivity contribution < 1.29 is 23.5 Å². The van der Waals surface area contributed by atoms with E-state index in [2.05, 4.69) is 5.32 Å². The van der Waals surface area contributed by atoms with Crippen molar-refractivity contribution in [2.24, 2.45) is 0 Å². The second kappa shape index (κ2) is 8.21. The number of amides is 3. The van der Waals surface area contributed by atoms with E-state index in [1.807, 2.05) is 0 Å². The van der Waals surface area contributed by atoms with Crippen LogP contribution in [0.1, 0.15) is 52.1 Å². The lowest BCUT2D eigenvalue weighted by molar-refractivity contribution is -0.121. The van der Waals surface area contributed by atoms with E-state index >= 15 is 0 Å². The fraction of sp³-hybridized carbons (Fsp3) is 0.286. The van der Waals surface area contributed by atoms with Crippen molar-refractivity contribution in [3.8, 4) is 5.75 Å². The Labute approximate surface area is 162 Å². The highest BCUT2D eigenvalue weighted by Gasteiger charge is 2.34. The average molecular weight is 384 g/mol. The first-order valence-corrected chi connectivity index (χ1v) is 9.00. The van der Waals surface area contributed by atoms with Gasteiger partial charge in [-0.25, -0.2) is 4.39 Å². The first-order valence-electron chi connectivity index (χ1n) is 9.00. The summed E-state index contributed by atoms with van der Waals surface area (Å²) in [6, 6.07) is 10.8. The van der Waals surface area contributed by atoms with Crippen LogP contribution in [0.25, 0.3) is 0 Å². The Morgan fingerprint density at radius 2 is 1.79 bits per heavy atom. The fourth-order valence-corrected chi connectivity index (χ4v) is 3.19. The molecule has 7 heteroatoms. The Morgan fingerprint density at radius 1 is 1.14 bits per heavy atom. The number of benzene rings is 2. The minimum Gasteiger partial charge on any atom is -0.494 e. The van der Waals surface area contributed by atoms with Crippen LogP contribution in [0.2, 0.25) is 0 Å². The van der Waals surface area contributed by atoms with Gasteiger partial charge in [0.05, 0.1) is 24.3 Å². The van der Waals surface area contributed by atoms with E-state index in [4.69, 9.17) is 4.74 Å². The number of carbonyl (C=O) groups is 3. The number of imide groups is 1. The highest BCUT2D eigenvalue weighted by molar-refractivity contribution is 6.21. The molecule has 0 aromatic heterocycles. The summed E-state index contributed by atoms with van der Waals surface area (Å²) in [7, 11) is 1.39. The number of methoxy groups -OCH3 is 1. The molecule has 0 bridgehead atoms. The van der Waals surface area contributed by atoms with E-state index < -0.39 is 5.82 Å². The van der Waals surface area contributed by atoms with Gasteiger partial charge in [-0.05, 0) is 43.2 Å². The minimum atomic E-state index is -0.494. The standard InChI is InChI=1S/C21H21FN2O4/c1-13(14-9-10-18(28-2)17(22)12-14)23-19(25)8-5-11-24-20(26)15-6-3-4-7-16(15)21(24)27/h3-4,6-7,9-10,12-13H,5,8,11H2,1-2H3,(H,23,25). The van der Waals surface area contributed by atoms with Gasteiger partial charge >= 0.3 is 0 Å². The van der Waals surface area contributed by atoms with Crippen LogP contribution in [-0.2, 0) is 4.79 Å². The lowest BCUT2D eigenvalue weighted by atomic mass is 10.1. The highest BCUT2D eigenvalue weighted by Crippen LogP contribution is 2.23. The monoisotopic (exact) mass is 384 g/mol. The zero-order valence-electron chi connectivity index (χ0n) is 15.7. The van der Waals surface area contributed by atoms with Crippen LogP contribution in [0.3, 0.4) is 0 Å². The molecule has 0 fully saturated rings. The fourth-order valence-electron chi connectivity index (χ4n) is 3.19. The van der Waals surface area contributed by atoms with Crippen molar-refractivity contribution in [2.45, 2.75) is 25.8 Å². The van der Waals surface area contributed by atoms with Crippen molar-refractivity contribution in [3.63, 3.8) is 0 Å². The molecule has 146 valence electrons. The number of ether oxygens (including phenoxy) is 1. The van der Waals surface area contributed by atoms with Gasteiger partial charge < -0.3 is 10.1 Å². The van der Waals surface area contributed by atoms with E-state index in [1.165, 1.54) is 24.1 Å². The molecule has 0 saturated heterocycles. The molecule has 1 heterocycles. The summed E-state index contributed by atoms with van der Waals surface area (Å²) in [5.41, 5.74) is 1.41. The highest BCUT2D eigenvalue weighted by atomic mass is 19.1. The van der Waals surface area contributed by atoms with Gasteiger partial charge in [-0.15, -0.1) is 0 Å². The van der Waals surface area contributed by atoms with E-state index in [0.717, 1.165) is 0 Å². The van der Waals surface area contributed by atoms with Crippen LogP contribution in [0.15, 0.2) is 42.5 Å². The zero-order valence-corrected chi connectivity index (χ0v) is 15.7. The molecule has 2 aromatic carbocycles. The summed E-state index contributed by atoms with van der Waals surface area (Å²) in [6.45, 7) is 1.93. The largest absolute Gasteiger partial charge is 0.494 e. The summed E-state index contributed by atoms with van der Waals surface area (Å²) in [4.78, 5) is 37.9. The van der Waals surface area contributed by atoms with Gasteiger partial charge in [-0.1, -0.05) is 18.2 Å². The molecule has 28 heavy (non-hydrogen) atoms. The molecule has 0 saturated carbocycles. The Bertz CT molecular complexity index is 893. The van der Waals surface area contributed by atoms with Gasteiger partial charge in [0, 0.05) is 13.0 Å². The van der Waals surface area contributed by atoms with E-state index in [0.29, 0.717) is 23.1 Å². The Hall–Kier alpha value is -3.22. The molecule has 0 aliphatic carbocycles. The predicted molar refractivity (Wildman–Crippen MR) is 101 cm³/mol. The molecule has 1 N–H and O–H groups in total. The molecule has 1 aliphatic rings. The van der Waals surface area contributed by atoms with Crippen molar-refractivity contribution in [1.29, 1.82) is 0 Å². The Morgan fingerprint density at radius 3 is 2.36 bits per heavy atom. The number of hydrogen-bond acceptors (Lipinski definition) is 4. The smallest absolute Gasteiger partial charge is 0.261 e. The third-order valence-electron chi connectivity index (χ3n) is 4.72. The number of fused-ring (bicyclic) bond motifs is 1. The Balaban J connectivity index is 1.51. The van der Waals surface area contributed by atoms with Crippen molar-refractivity contribution in [1.82, 2.24) is 10.2 Å². The number of carbonyl (C=O) groups excluding carboxylic acids is 3. The second-order valence-corrected chi connectivity index (χ2v) is 6.59. The normalized spacial score (nSPS) is 14.0. The molecule has 1 aliphatic heterocycles. The van der Waals surface area contributed by atoms with E-state index in [9.17, 15) is 18.8 Å². The zero-order chi connectivity index (χ0) is 20.3. The molecule has 6 nitrogen and oxygen atoms in total. The van der Waals surface area contributed by atoms with Crippen molar-refractivity contribution in [2.75, 3.05) is 13.7 Å². The van der Waals surface area contributed by atoms with Crippen LogP contribution in [0.5, 0.6) is 5.75 Å². The average Bonchev–Trinajstić information content (AvgIpc) is 2.93. The maximum atomic E-state index is 13.8. The van der Waals surface area contributed by atoms with Gasteiger partial charge in [-0.2, -0.15) is 0 Å². The molecular weight excluding hydrogens is 363 g/mol. The maximum Gasteiger partial charge on any atom is 0.261 e. The topological polar surface area (TPSA) is 75.7 Å². The first kappa shape index (κ1) is 19.5. The summed E-state index contributed by atoms with van der Waals surface area (Å²) in [5, 5.41) is 2.79. The van der Waals surface area contributed by atoms with E-state index in [-0.39, 0.29) is 42.5 Å². The van der Waals surface area contributed by atoms with Crippen LogP contribution in [0.4, 0.5) is 4.39 Å². The molecule has 1 atom stereocenters. The van der Waals surface area contributed by atoms with Crippen LogP contribution in [-0.4, -0.2) is 36.3 Å². The number of nitrogens with zero attached hydrogens (tertiary/aromatic N) is 1. The SMILES string of the molecule is COc1ccc(C(C)NC(=O)CCCN2C(=O)c3ccccc3C2=O)cc1F. The molecular formula is C21H21FN2O4. The maximum absolute atomic E-state index is 13.8. The summed E-state index contributed by atoms with van der Waals surface area (Å²) < 4.78 is 18.7. The number of rotatable bonds is 7. The van der Waals surface area contributed by atoms with E-state index in [1.54, 1.807) is 37.3 Å². The molecule has 3 amide bonds. The van der Waals surface area contributed by atoms with Crippen LogP contribution in [0, 0.1) is 5.82 Å². The number of hydrogen-bond donors (Lipinski definition) is 1.